The van der Waals surface area contributed by atoms with E-state index in [-0.39, 0.29) is 24.8 Å². The van der Waals surface area contributed by atoms with E-state index in [0.717, 1.165) is 0 Å². The van der Waals surface area contributed by atoms with Gasteiger partial charge in [-0.25, -0.2) is 0 Å². The van der Waals surface area contributed by atoms with E-state index in [4.69, 9.17) is 0 Å². The molecule has 0 unspecified atom stereocenters. The summed E-state index contributed by atoms with van der Waals surface area (Å²) in [5.41, 5.74) is 0. The van der Waals surface area contributed by atoms with Crippen molar-refractivity contribution in [2.45, 2.75) is 15.8 Å². The van der Waals surface area contributed by atoms with Gasteiger partial charge in [0.25, 0.3) is 0 Å². The predicted octanol–water partition coefficient (Wildman–Crippen LogP) is 2.47. The molecule has 0 atom stereocenters. The Kier molecular flexibility index (Phi) is 7.64. The van der Waals surface area contributed by atoms with Gasteiger partial charge in [0.05, 0.1) is 0 Å². The average molecular weight is 377 g/mol. The topological polar surface area (TPSA) is 0 Å². The van der Waals surface area contributed by atoms with Crippen LogP contribution in [0.2, 0.25) is 9.36 Å². The summed E-state index contributed by atoms with van der Waals surface area (Å²) in [6.07, 6.45) is 8.06. The molecule has 1 rings (SSSR count). The summed E-state index contributed by atoms with van der Waals surface area (Å²) in [6, 6.07) is 0. The molecule has 0 bridgehead atoms. The van der Waals surface area contributed by atoms with Crippen molar-refractivity contribution >= 4 is 31.8 Å². The van der Waals surface area contributed by atoms with Crippen molar-refractivity contribution in [2.24, 2.45) is 0 Å². The summed E-state index contributed by atoms with van der Waals surface area (Å²) in [5, 5.41) is 0. The summed E-state index contributed by atoms with van der Waals surface area (Å²) in [6.45, 7) is 2.28. The summed E-state index contributed by atoms with van der Waals surface area (Å²) in [7, 11) is 0. The van der Waals surface area contributed by atoms with Crippen molar-refractivity contribution in [1.29, 1.82) is 0 Å². The summed E-state index contributed by atoms with van der Waals surface area (Å²) >= 11 is -1.68. The number of hydrogen-bond acceptors (Lipinski definition) is 0. The molecule has 0 aromatic carbocycles. The molecular formula is C7H15Cl2HfSi. The molecule has 0 saturated carbocycles. The van der Waals surface area contributed by atoms with Gasteiger partial charge >= 0.3 is 62.9 Å². The molecule has 0 radical (unpaired) electrons. The molecule has 0 aromatic heterocycles. The predicted molar refractivity (Wildman–Crippen MR) is 56.6 cm³/mol. The van der Waals surface area contributed by atoms with Crippen LogP contribution in [0.4, 0.5) is 0 Å². The zero-order valence-electron chi connectivity index (χ0n) is 6.96. The van der Waals surface area contributed by atoms with Crippen molar-refractivity contribution in [2.75, 3.05) is 0 Å². The fourth-order valence-corrected chi connectivity index (χ4v) is 7.47. The second-order valence-electron chi connectivity index (χ2n) is 3.21. The van der Waals surface area contributed by atoms with Crippen molar-refractivity contribution in [3.63, 3.8) is 0 Å². The fourth-order valence-electron chi connectivity index (χ4n) is 0.949. The molecule has 0 heterocycles. The molecule has 0 amide bonds. The van der Waals surface area contributed by atoms with E-state index in [1.807, 2.05) is 0 Å². The first-order valence-corrected chi connectivity index (χ1v) is 20.6. The molecule has 1 aliphatic rings. The number of hydrogen-bond donors (Lipinski definition) is 0. The first-order chi connectivity index (χ1) is 4.11. The molecule has 0 spiro atoms. The molecule has 0 aromatic rings. The zero-order chi connectivity index (χ0) is 6.91. The van der Waals surface area contributed by atoms with Crippen LogP contribution >= 0.6 is 24.8 Å². The van der Waals surface area contributed by atoms with Crippen LogP contribution in [0.25, 0.3) is 0 Å². The molecule has 0 saturated heterocycles. The second-order valence-corrected chi connectivity index (χ2v) is 33.5. The fraction of sp³-hybridized carbons (Fsp3) is 0.429. The van der Waals surface area contributed by atoms with Gasteiger partial charge in [-0.15, -0.1) is 24.8 Å². The Morgan fingerprint density at radius 1 is 1.36 bits per heavy atom. The quantitative estimate of drug-likeness (QED) is 0.617. The van der Waals surface area contributed by atoms with Crippen LogP contribution in [-0.4, -0.2) is 6.94 Å². The third kappa shape index (κ3) is 4.66. The zero-order valence-corrected chi connectivity index (χ0v) is 13.6. The number of halogens is 2. The van der Waals surface area contributed by atoms with Crippen LogP contribution in [0, 0.1) is 0 Å². The Labute approximate surface area is 87.0 Å². The SMILES string of the molecule is Cl.Cl.[CH3][Hf]([CH3])(=[SiH2])[C]1=CC=CC1. The molecule has 65 valence electrons. The van der Waals surface area contributed by atoms with Crippen LogP contribution in [0.15, 0.2) is 21.6 Å². The first-order valence-electron chi connectivity index (χ1n) is 3.32. The first kappa shape index (κ1) is 14.7. The second kappa shape index (κ2) is 5.73. The molecule has 0 nitrogen and oxygen atoms in total. The molecule has 1 aliphatic carbocycles. The van der Waals surface area contributed by atoms with Gasteiger partial charge in [-0.3, -0.25) is 0 Å². The van der Waals surface area contributed by atoms with Crippen molar-refractivity contribution in [3.8, 4) is 0 Å². The standard InChI is InChI=1S/C5H5.2CH3.2ClH.Hf.H2Si/c1-2-4-5-3-1;;;;;;/h1-3H,4H2;2*1H3;2*1H;;1H2. The normalized spacial score (nSPS) is 14.9. The van der Waals surface area contributed by atoms with E-state index in [0.29, 0.717) is 0 Å². The number of rotatable bonds is 1. The monoisotopic (exact) mass is 377 g/mol. The van der Waals surface area contributed by atoms with E-state index in [1.165, 1.54) is 6.42 Å². The Hall–Kier alpha value is 1.15. The molecule has 0 aliphatic heterocycles. The van der Waals surface area contributed by atoms with Crippen LogP contribution in [0.5, 0.6) is 0 Å². The van der Waals surface area contributed by atoms with E-state index in [1.54, 1.807) is 3.33 Å². The van der Waals surface area contributed by atoms with Gasteiger partial charge in [-0.05, 0) is 0 Å². The van der Waals surface area contributed by atoms with Crippen molar-refractivity contribution in [3.05, 3.63) is 21.6 Å². The number of allylic oxidation sites excluding steroid dienone is 4. The van der Waals surface area contributed by atoms with Gasteiger partial charge in [0.15, 0.2) is 0 Å². The Morgan fingerprint density at radius 2 is 1.91 bits per heavy atom. The van der Waals surface area contributed by atoms with Gasteiger partial charge in [0.1, 0.15) is 0 Å². The third-order valence-electron chi connectivity index (χ3n) is 1.64. The van der Waals surface area contributed by atoms with Crippen LogP contribution in [0.1, 0.15) is 6.42 Å². The van der Waals surface area contributed by atoms with Crippen LogP contribution in [-0.2, 0) is 18.6 Å². The summed E-state index contributed by atoms with van der Waals surface area (Å²) in [5.74, 6) is 0. The summed E-state index contributed by atoms with van der Waals surface area (Å²) < 4.78 is 6.76. The minimum absolute atomic E-state index is 0. The van der Waals surface area contributed by atoms with Gasteiger partial charge in [0, 0.05) is 0 Å². The van der Waals surface area contributed by atoms with Gasteiger partial charge in [-0.2, -0.15) is 0 Å². The van der Waals surface area contributed by atoms with Gasteiger partial charge in [0.2, 0.25) is 0 Å². The van der Waals surface area contributed by atoms with E-state index in [2.05, 4.69) is 34.5 Å². The van der Waals surface area contributed by atoms with E-state index >= 15 is 0 Å². The van der Waals surface area contributed by atoms with Gasteiger partial charge < -0.3 is 0 Å². The average Bonchev–Trinajstić information content (AvgIpc) is 2.08. The Balaban J connectivity index is 0. The van der Waals surface area contributed by atoms with Crippen LogP contribution in [0.3, 0.4) is 0 Å². The minimum atomic E-state index is -1.68. The molecule has 4 heteroatoms. The van der Waals surface area contributed by atoms with Gasteiger partial charge in [-0.1, -0.05) is 0 Å². The van der Waals surface area contributed by atoms with E-state index < -0.39 is 18.6 Å². The maximum atomic E-state index is 2.49. The maximum absolute atomic E-state index is 2.49. The third-order valence-corrected chi connectivity index (χ3v) is 12.9. The van der Waals surface area contributed by atoms with E-state index in [9.17, 15) is 0 Å². The summed E-state index contributed by atoms with van der Waals surface area (Å²) in [4.78, 5) is 0. The molecule has 11 heavy (non-hydrogen) atoms. The molecule has 0 N–H and O–H groups in total. The van der Waals surface area contributed by atoms with Crippen molar-refractivity contribution < 1.29 is 18.6 Å². The molecule has 0 fully saturated rings. The van der Waals surface area contributed by atoms with Crippen molar-refractivity contribution in [1.82, 2.24) is 0 Å². The Morgan fingerprint density at radius 3 is 2.09 bits per heavy atom. The Bertz CT molecular complexity index is 214. The van der Waals surface area contributed by atoms with Crippen LogP contribution < -0.4 is 0 Å². The molecular weight excluding hydrogens is 362 g/mol.